The molecule has 0 radical (unpaired) electrons. The molecule has 0 aromatic heterocycles. The van der Waals surface area contributed by atoms with Crippen LogP contribution in [0, 0.1) is 138 Å². The summed E-state index contributed by atoms with van der Waals surface area (Å²) >= 11 is 3.40. The second-order valence-corrected chi connectivity index (χ2v) is 41.1. The Morgan fingerprint density at radius 1 is 0.433 bits per heavy atom. The minimum Gasteiger partial charge on any atom is -0.393 e. The summed E-state index contributed by atoms with van der Waals surface area (Å²) in [6.45, 7) is 40.4. The molecule has 3 heterocycles. The van der Waals surface area contributed by atoms with Crippen LogP contribution in [0.3, 0.4) is 0 Å². The van der Waals surface area contributed by atoms with Crippen LogP contribution < -0.4 is 0 Å². The summed E-state index contributed by atoms with van der Waals surface area (Å²) in [5.41, 5.74) is 6.17. The summed E-state index contributed by atoms with van der Waals surface area (Å²) in [5.74, 6) is 9.93. The minimum atomic E-state index is -0.465. The topological polar surface area (TPSA) is 146 Å². The standard InChI is InChI=1S/2C29H48O3.C24H38O2.C5H9BrO/c2*1-6-29(31)14-13-27(4)20(15-29)7-8-21-23-10-9-22(28(23,5)12-11-24(21)27)19(2)25(30)16-26(3)17-32-18-26;1-5-24(26)13-12-22(3)17(14-24)6-7-18-20-9-8-19(16(2)15-25)23(20,4)11-10-21(18)22;1-5(2-6)3-7-4-5/h2*7,19,21-25,30-31H,6,8-18H2,1-5H3;6,15-16,18-21,26H,5,7-14H2,1-4H3;2-4H2,1H3/t19-,21-,22+,23-,24-,25+,27-,28+,29-;19-,21-,22+,23-,24-,25-,27-,28+,29-;16-,18+,19-,20+,21+,22+,23-,24+;/m001./s1. The van der Waals surface area contributed by atoms with Crippen LogP contribution in [-0.2, 0) is 19.0 Å². The van der Waals surface area contributed by atoms with Gasteiger partial charge in [0, 0.05) is 27.5 Å². The highest BCUT2D eigenvalue weighted by atomic mass is 79.9. The molecule has 9 nitrogen and oxygen atoms in total. The molecule has 0 aromatic rings. The van der Waals surface area contributed by atoms with Crippen molar-refractivity contribution in [2.45, 2.75) is 319 Å². The largest absolute Gasteiger partial charge is 0.393 e. The number of rotatable bonds is 14. The molecular weight excluding hydrogens is 1270 g/mol. The fourth-order valence-corrected chi connectivity index (χ4v) is 27.8. The number of aliphatic hydroxyl groups excluding tert-OH is 2. The molecule has 0 unspecified atom stereocenters. The van der Waals surface area contributed by atoms with Gasteiger partial charge in [-0.2, -0.15) is 0 Å². The number of carbonyl (C=O) groups is 1. The highest BCUT2D eigenvalue weighted by Crippen LogP contribution is 2.72. The SMILES string of the molecule is CC1(CBr)COC1.CC[C@]1(O)CC[C@@]2(C)C(=CC[C@H]3[C@@H]4CC[C@H]([C@H](C)C=O)[C@@]4(C)CC[C@@H]32)C1.CC[C@]1(O)CC[C@@]2(C)C(=CC[C@H]3[C@@H]4CC[C@H]([C@H](C)[C@@H](O)CC5(C)COC5)[C@@]4(C)CC[C@@H]32)C1.CC[C@]1(O)CC[C@@]2(C)C(=CC[C@H]3[C@@H]4CC[C@H]([C@H](C)[C@H](O)CC5(C)COC5)[C@@]4(C)CC[C@@H]32)C1. The normalized spacial score (nSPS) is 48.2. The third-order valence-corrected chi connectivity index (χ3v) is 36.1. The van der Waals surface area contributed by atoms with Crippen molar-refractivity contribution in [1.29, 1.82) is 0 Å². The fraction of sp³-hybridized carbons (Fsp3) is 0.920. The first-order chi connectivity index (χ1) is 45.6. The van der Waals surface area contributed by atoms with Crippen LogP contribution in [0.2, 0.25) is 0 Å². The summed E-state index contributed by atoms with van der Waals surface area (Å²) in [7, 11) is 0. The zero-order chi connectivity index (χ0) is 70.0. The lowest BCUT2D eigenvalue weighted by Crippen LogP contribution is -2.53. The van der Waals surface area contributed by atoms with Crippen LogP contribution in [0.4, 0.5) is 0 Å². The van der Waals surface area contributed by atoms with Gasteiger partial charge in [-0.3, -0.25) is 0 Å². The maximum atomic E-state index is 11.5. The van der Waals surface area contributed by atoms with Crippen molar-refractivity contribution in [3.8, 4) is 0 Å². The van der Waals surface area contributed by atoms with Gasteiger partial charge in [-0.15, -0.1) is 0 Å². The molecule has 552 valence electrons. The zero-order valence-electron chi connectivity index (χ0n) is 64.3. The Morgan fingerprint density at radius 2 is 0.732 bits per heavy atom. The molecule has 0 aromatic carbocycles. The maximum absolute atomic E-state index is 11.5. The molecule has 10 heteroatoms. The van der Waals surface area contributed by atoms with E-state index >= 15 is 0 Å². The quantitative estimate of drug-likeness (QED) is 0.0652. The first kappa shape index (κ1) is 75.7. The predicted molar refractivity (Wildman–Crippen MR) is 397 cm³/mol. The number of ether oxygens (including phenoxy) is 3. The molecule has 3 saturated heterocycles. The van der Waals surface area contributed by atoms with Crippen LogP contribution in [0.15, 0.2) is 34.9 Å². The summed E-state index contributed by atoms with van der Waals surface area (Å²) in [6.07, 6.45) is 41.3. The van der Waals surface area contributed by atoms with Gasteiger partial charge in [0.05, 0.1) is 68.7 Å². The lowest BCUT2D eigenvalue weighted by molar-refractivity contribution is -0.133. The Balaban J connectivity index is 0.000000132. The number of carbonyl (C=O) groups excluding carboxylic acids is 1. The first-order valence-electron chi connectivity index (χ1n) is 41.0. The van der Waals surface area contributed by atoms with Crippen LogP contribution >= 0.6 is 15.9 Å². The molecule has 15 aliphatic rings. The molecule has 0 amide bonds. The van der Waals surface area contributed by atoms with Gasteiger partial charge in [0.25, 0.3) is 0 Å². The van der Waals surface area contributed by atoms with Gasteiger partial charge in [0.2, 0.25) is 0 Å². The molecule has 3 aliphatic heterocycles. The van der Waals surface area contributed by atoms with Gasteiger partial charge in [0.1, 0.15) is 6.29 Å². The van der Waals surface area contributed by atoms with E-state index in [0.29, 0.717) is 67.5 Å². The smallest absolute Gasteiger partial charge is 0.123 e. The number of aldehydes is 1. The molecule has 12 fully saturated rings. The summed E-state index contributed by atoms with van der Waals surface area (Å²) in [6, 6.07) is 0. The van der Waals surface area contributed by atoms with Crippen LogP contribution in [-0.4, -0.2) is 106 Å². The number of hydrogen-bond donors (Lipinski definition) is 5. The fourth-order valence-electron chi connectivity index (χ4n) is 27.4. The summed E-state index contributed by atoms with van der Waals surface area (Å²) in [5, 5.41) is 56.3. The van der Waals surface area contributed by atoms with E-state index in [-0.39, 0.29) is 29.0 Å². The van der Waals surface area contributed by atoms with E-state index < -0.39 is 16.8 Å². The van der Waals surface area contributed by atoms with Gasteiger partial charge < -0.3 is 44.5 Å². The summed E-state index contributed by atoms with van der Waals surface area (Å²) < 4.78 is 15.9. The Labute approximate surface area is 599 Å². The Bertz CT molecular complexity index is 2740. The van der Waals surface area contributed by atoms with Crippen molar-refractivity contribution < 1.29 is 44.5 Å². The van der Waals surface area contributed by atoms with Gasteiger partial charge in [-0.05, 0) is 302 Å². The van der Waals surface area contributed by atoms with E-state index in [1.54, 1.807) is 16.7 Å². The molecule has 15 rings (SSSR count). The van der Waals surface area contributed by atoms with Crippen LogP contribution in [0.5, 0.6) is 0 Å². The van der Waals surface area contributed by atoms with Gasteiger partial charge in [-0.1, -0.05) is 155 Å². The van der Waals surface area contributed by atoms with Crippen molar-refractivity contribution in [3.63, 3.8) is 0 Å². The molecule has 0 bridgehead atoms. The van der Waals surface area contributed by atoms with Crippen molar-refractivity contribution >= 4 is 22.2 Å². The minimum absolute atomic E-state index is 0.185. The van der Waals surface area contributed by atoms with E-state index in [2.05, 4.69) is 138 Å². The summed E-state index contributed by atoms with van der Waals surface area (Å²) in [4.78, 5) is 11.5. The van der Waals surface area contributed by atoms with Crippen molar-refractivity contribution in [2.75, 3.05) is 45.0 Å². The number of halogens is 1. The Hall–Kier alpha value is -0.950. The highest BCUT2D eigenvalue weighted by Gasteiger charge is 2.64. The van der Waals surface area contributed by atoms with Gasteiger partial charge >= 0.3 is 0 Å². The second-order valence-electron chi connectivity index (χ2n) is 40.5. The van der Waals surface area contributed by atoms with Crippen molar-refractivity contribution in [2.24, 2.45) is 138 Å². The Morgan fingerprint density at radius 3 is 0.990 bits per heavy atom. The van der Waals surface area contributed by atoms with Gasteiger partial charge in [0.15, 0.2) is 0 Å². The van der Waals surface area contributed by atoms with E-state index in [1.807, 2.05) is 0 Å². The van der Waals surface area contributed by atoms with Crippen LogP contribution in [0.25, 0.3) is 0 Å². The monoisotopic (exact) mass is 1410 g/mol. The van der Waals surface area contributed by atoms with Crippen molar-refractivity contribution in [3.05, 3.63) is 34.9 Å². The van der Waals surface area contributed by atoms with Crippen molar-refractivity contribution in [1.82, 2.24) is 0 Å². The lowest BCUT2D eigenvalue weighted by Gasteiger charge is -2.59. The molecule has 97 heavy (non-hydrogen) atoms. The predicted octanol–water partition coefficient (Wildman–Crippen LogP) is 19.2. The Kier molecular flexibility index (Phi) is 21.7. The number of hydrogen-bond acceptors (Lipinski definition) is 9. The molecule has 5 N–H and O–H groups in total. The first-order valence-corrected chi connectivity index (χ1v) is 42.1. The third-order valence-electron chi connectivity index (χ3n) is 34.7. The average molecular weight is 1410 g/mol. The van der Waals surface area contributed by atoms with Gasteiger partial charge in [-0.25, -0.2) is 0 Å². The highest BCUT2D eigenvalue weighted by molar-refractivity contribution is 9.09. The molecule has 12 aliphatic carbocycles. The van der Waals surface area contributed by atoms with E-state index in [0.717, 1.165) is 188 Å². The zero-order valence-corrected chi connectivity index (χ0v) is 65.9. The molecule has 26 atom stereocenters. The van der Waals surface area contributed by atoms with E-state index in [9.17, 15) is 30.3 Å². The van der Waals surface area contributed by atoms with E-state index in [4.69, 9.17) is 14.2 Å². The lowest BCUT2D eigenvalue weighted by atomic mass is 9.46. The maximum Gasteiger partial charge on any atom is 0.123 e. The number of alkyl halides is 1. The number of aliphatic hydroxyl groups is 5. The third kappa shape index (κ3) is 13.5. The number of fused-ring (bicyclic) bond motifs is 15. The van der Waals surface area contributed by atoms with Crippen LogP contribution in [0.1, 0.15) is 290 Å². The molecular formula is C87H143BrO9. The number of allylic oxidation sites excluding steroid dienone is 3. The second kappa shape index (κ2) is 27.8. The molecule has 9 saturated carbocycles. The molecule has 0 spiro atoms. The van der Waals surface area contributed by atoms with E-state index in [1.165, 1.54) is 103 Å². The average Bonchev–Trinajstić information content (AvgIpc) is 1.69.